The quantitative estimate of drug-likeness (QED) is 0.545. The van der Waals surface area contributed by atoms with E-state index in [0.717, 1.165) is 36.8 Å². The number of fused-ring (bicyclic) bond motifs is 1. The number of phenols is 1. The number of hydrogen-bond donors (Lipinski definition) is 1. The van der Waals surface area contributed by atoms with Crippen LogP contribution in [0.25, 0.3) is 11.0 Å². The molecule has 2 heterocycles. The van der Waals surface area contributed by atoms with Crippen LogP contribution in [0.4, 0.5) is 0 Å². The molecule has 0 bridgehead atoms. The number of unbranched alkanes of at least 4 members (excludes halogenated alkanes) is 2. The summed E-state index contributed by atoms with van der Waals surface area (Å²) in [7, 11) is 0. The molecule has 0 aliphatic heterocycles. The summed E-state index contributed by atoms with van der Waals surface area (Å²) in [6.07, 6.45) is 8.07. The second-order valence-corrected chi connectivity index (χ2v) is 6.08. The predicted molar refractivity (Wildman–Crippen MR) is 94.4 cm³/mol. The standard InChI is InChI=1S/C20H21NO3/c1-2-3-4-5-15-11-18(22)17-13-16(20(23)24-19(17)12-15)10-14-6-8-21-9-7-14/h6-9,11-13,22H,2-5,10H2,1H3. The number of nitrogens with zero attached hydrogens (tertiary/aromatic N) is 1. The van der Waals surface area contributed by atoms with Gasteiger partial charge in [-0.3, -0.25) is 4.98 Å². The number of hydrogen-bond acceptors (Lipinski definition) is 4. The first-order valence-electron chi connectivity index (χ1n) is 8.35. The van der Waals surface area contributed by atoms with Gasteiger partial charge >= 0.3 is 5.63 Å². The molecular formula is C20H21NO3. The fourth-order valence-corrected chi connectivity index (χ4v) is 2.86. The van der Waals surface area contributed by atoms with E-state index in [2.05, 4.69) is 11.9 Å². The number of phenolic OH excluding ortho intramolecular Hbond substituents is 1. The van der Waals surface area contributed by atoms with Crippen molar-refractivity contribution in [3.63, 3.8) is 0 Å². The molecule has 3 aromatic rings. The van der Waals surface area contributed by atoms with Crippen molar-refractivity contribution in [3.8, 4) is 5.75 Å². The largest absolute Gasteiger partial charge is 0.507 e. The van der Waals surface area contributed by atoms with Gasteiger partial charge in [-0.25, -0.2) is 4.79 Å². The monoisotopic (exact) mass is 323 g/mol. The van der Waals surface area contributed by atoms with E-state index in [-0.39, 0.29) is 11.4 Å². The maximum absolute atomic E-state index is 12.3. The van der Waals surface area contributed by atoms with Crippen LogP contribution < -0.4 is 5.63 Å². The molecule has 0 saturated carbocycles. The van der Waals surface area contributed by atoms with E-state index < -0.39 is 0 Å². The zero-order chi connectivity index (χ0) is 16.9. The molecule has 0 unspecified atom stereocenters. The minimum atomic E-state index is -0.357. The second-order valence-electron chi connectivity index (χ2n) is 6.08. The van der Waals surface area contributed by atoms with Gasteiger partial charge in [0.05, 0.1) is 5.39 Å². The third kappa shape index (κ3) is 3.65. The van der Waals surface area contributed by atoms with Crippen molar-refractivity contribution in [1.82, 2.24) is 4.98 Å². The molecule has 3 rings (SSSR count). The highest BCUT2D eigenvalue weighted by molar-refractivity contribution is 5.84. The van der Waals surface area contributed by atoms with Crippen molar-refractivity contribution in [1.29, 1.82) is 0 Å². The van der Waals surface area contributed by atoms with Crippen LogP contribution in [-0.2, 0) is 12.8 Å². The van der Waals surface area contributed by atoms with Crippen LogP contribution in [0.5, 0.6) is 5.75 Å². The molecule has 1 aromatic carbocycles. The summed E-state index contributed by atoms with van der Waals surface area (Å²) in [4.78, 5) is 16.2. The molecule has 0 aliphatic carbocycles. The lowest BCUT2D eigenvalue weighted by molar-refractivity contribution is 0.477. The third-order valence-corrected chi connectivity index (χ3v) is 4.18. The van der Waals surface area contributed by atoms with Gasteiger partial charge < -0.3 is 9.52 Å². The number of rotatable bonds is 6. The molecule has 0 spiro atoms. The van der Waals surface area contributed by atoms with Crippen molar-refractivity contribution in [2.45, 2.75) is 39.0 Å². The van der Waals surface area contributed by atoms with Crippen LogP contribution in [0.3, 0.4) is 0 Å². The molecule has 0 fully saturated rings. The van der Waals surface area contributed by atoms with Crippen LogP contribution in [0.15, 0.2) is 51.9 Å². The van der Waals surface area contributed by atoms with Gasteiger partial charge in [-0.1, -0.05) is 19.8 Å². The van der Waals surface area contributed by atoms with Crippen LogP contribution in [-0.4, -0.2) is 10.1 Å². The maximum Gasteiger partial charge on any atom is 0.339 e. The van der Waals surface area contributed by atoms with Crippen LogP contribution >= 0.6 is 0 Å². The average Bonchev–Trinajstić information content (AvgIpc) is 2.57. The molecule has 124 valence electrons. The fourth-order valence-electron chi connectivity index (χ4n) is 2.86. The van der Waals surface area contributed by atoms with Gasteiger partial charge in [0.15, 0.2) is 0 Å². The molecule has 24 heavy (non-hydrogen) atoms. The summed E-state index contributed by atoms with van der Waals surface area (Å²) in [6.45, 7) is 2.15. The SMILES string of the molecule is CCCCCc1cc(O)c2cc(Cc3ccncc3)c(=O)oc2c1. The second kappa shape index (κ2) is 7.30. The Kier molecular flexibility index (Phi) is 4.94. The first kappa shape index (κ1) is 16.2. The number of aromatic hydroxyl groups is 1. The van der Waals surface area contributed by atoms with E-state index in [1.54, 1.807) is 24.5 Å². The van der Waals surface area contributed by atoms with Gasteiger partial charge in [0.1, 0.15) is 11.3 Å². The smallest absolute Gasteiger partial charge is 0.339 e. The number of benzene rings is 1. The van der Waals surface area contributed by atoms with E-state index in [1.165, 1.54) is 0 Å². The summed E-state index contributed by atoms with van der Waals surface area (Å²) in [5.74, 6) is 0.165. The van der Waals surface area contributed by atoms with Gasteiger partial charge in [0, 0.05) is 24.4 Å². The summed E-state index contributed by atoms with van der Waals surface area (Å²) in [5, 5.41) is 10.9. The normalized spacial score (nSPS) is 11.0. The molecule has 0 radical (unpaired) electrons. The third-order valence-electron chi connectivity index (χ3n) is 4.18. The lowest BCUT2D eigenvalue weighted by atomic mass is 10.0. The Morgan fingerprint density at radius 2 is 1.88 bits per heavy atom. The van der Waals surface area contributed by atoms with Crippen LogP contribution in [0.1, 0.15) is 42.9 Å². The van der Waals surface area contributed by atoms with Gasteiger partial charge in [0.2, 0.25) is 0 Å². The number of aryl methyl sites for hydroxylation is 1. The molecule has 4 heteroatoms. The molecule has 4 nitrogen and oxygen atoms in total. The van der Waals surface area contributed by atoms with Gasteiger partial charge in [-0.05, 0) is 54.3 Å². The first-order chi connectivity index (χ1) is 11.7. The topological polar surface area (TPSA) is 63.3 Å². The first-order valence-corrected chi connectivity index (χ1v) is 8.35. The summed E-state index contributed by atoms with van der Waals surface area (Å²) in [5.41, 5.74) is 2.60. The Labute approximate surface area is 140 Å². The van der Waals surface area contributed by atoms with Gasteiger partial charge in [-0.15, -0.1) is 0 Å². The van der Waals surface area contributed by atoms with Crippen molar-refractivity contribution in [2.24, 2.45) is 0 Å². The molecule has 0 saturated heterocycles. The Bertz CT molecular complexity index is 885. The summed E-state index contributed by atoms with van der Waals surface area (Å²) in [6, 6.07) is 9.09. The van der Waals surface area contributed by atoms with E-state index in [9.17, 15) is 9.90 Å². The van der Waals surface area contributed by atoms with Crippen molar-refractivity contribution < 1.29 is 9.52 Å². The highest BCUT2D eigenvalue weighted by Gasteiger charge is 2.11. The highest BCUT2D eigenvalue weighted by Crippen LogP contribution is 2.27. The Balaban J connectivity index is 1.94. The van der Waals surface area contributed by atoms with Crippen LogP contribution in [0, 0.1) is 0 Å². The Hall–Kier alpha value is -2.62. The van der Waals surface area contributed by atoms with Crippen molar-refractivity contribution in [3.05, 3.63) is 69.8 Å². The summed E-state index contributed by atoms with van der Waals surface area (Å²) < 4.78 is 5.46. The Morgan fingerprint density at radius 3 is 2.62 bits per heavy atom. The molecule has 2 aromatic heterocycles. The molecular weight excluding hydrogens is 302 g/mol. The molecule has 0 aliphatic rings. The van der Waals surface area contributed by atoms with Gasteiger partial charge in [0.25, 0.3) is 0 Å². The minimum Gasteiger partial charge on any atom is -0.507 e. The van der Waals surface area contributed by atoms with E-state index in [1.807, 2.05) is 18.2 Å². The molecule has 0 amide bonds. The number of aromatic nitrogens is 1. The van der Waals surface area contributed by atoms with E-state index in [0.29, 0.717) is 23.0 Å². The Morgan fingerprint density at radius 1 is 1.08 bits per heavy atom. The van der Waals surface area contributed by atoms with Crippen molar-refractivity contribution >= 4 is 11.0 Å². The zero-order valence-electron chi connectivity index (χ0n) is 13.8. The highest BCUT2D eigenvalue weighted by atomic mass is 16.4. The summed E-state index contributed by atoms with van der Waals surface area (Å²) >= 11 is 0. The zero-order valence-corrected chi connectivity index (χ0v) is 13.8. The minimum absolute atomic E-state index is 0.165. The predicted octanol–water partition coefficient (Wildman–Crippen LogP) is 4.22. The molecule has 1 N–H and O–H groups in total. The lowest BCUT2D eigenvalue weighted by Crippen LogP contribution is -2.08. The lowest BCUT2D eigenvalue weighted by Gasteiger charge is -2.07. The van der Waals surface area contributed by atoms with Gasteiger partial charge in [-0.2, -0.15) is 0 Å². The fraction of sp³-hybridized carbons (Fsp3) is 0.300. The number of pyridine rings is 1. The average molecular weight is 323 g/mol. The molecule has 0 atom stereocenters. The van der Waals surface area contributed by atoms with E-state index in [4.69, 9.17) is 4.42 Å². The van der Waals surface area contributed by atoms with Crippen LogP contribution in [0.2, 0.25) is 0 Å². The van der Waals surface area contributed by atoms with E-state index >= 15 is 0 Å². The maximum atomic E-state index is 12.3. The van der Waals surface area contributed by atoms with Crippen molar-refractivity contribution in [2.75, 3.05) is 0 Å².